The Morgan fingerprint density at radius 1 is 0.667 bits per heavy atom. The van der Waals surface area contributed by atoms with Gasteiger partial charge in [-0.05, 0) is 36.5 Å². The van der Waals surface area contributed by atoms with E-state index in [2.05, 4.69) is 0 Å². The van der Waals surface area contributed by atoms with Crippen molar-refractivity contribution in [1.82, 2.24) is 0 Å². The van der Waals surface area contributed by atoms with E-state index in [1.54, 1.807) is 0 Å². The minimum Gasteiger partial charge on any atom is -0.101 e. The summed E-state index contributed by atoms with van der Waals surface area (Å²) >= 11 is 24.3. The molecular formula is C8H8Cl4. The van der Waals surface area contributed by atoms with E-state index in [0.717, 1.165) is 12.8 Å². The second-order valence-corrected chi connectivity index (χ2v) is 7.14. The molecule has 0 spiro atoms. The average Bonchev–Trinajstić information content (AvgIpc) is 2.72. The SMILES string of the molecule is ClC1(Cl)[C@@H]2C[C@@H]3[C@H](C[C@@H]21)C3(Cl)Cl. The Balaban J connectivity index is 1.80. The molecule has 3 rings (SSSR count). The first kappa shape index (κ1) is 8.47. The Hall–Kier alpha value is 1.16. The zero-order valence-electron chi connectivity index (χ0n) is 6.24. The summed E-state index contributed by atoms with van der Waals surface area (Å²) in [6.45, 7) is 0. The topological polar surface area (TPSA) is 0 Å². The molecule has 0 radical (unpaired) electrons. The molecule has 4 heteroatoms. The minimum atomic E-state index is -0.447. The average molecular weight is 246 g/mol. The van der Waals surface area contributed by atoms with E-state index in [9.17, 15) is 0 Å². The number of alkyl halides is 4. The van der Waals surface area contributed by atoms with Crippen molar-refractivity contribution < 1.29 is 0 Å². The van der Waals surface area contributed by atoms with Gasteiger partial charge in [-0.15, -0.1) is 46.4 Å². The Labute approximate surface area is 91.5 Å². The fraction of sp³-hybridized carbons (Fsp3) is 1.00. The molecule has 3 fully saturated rings. The highest BCUT2D eigenvalue weighted by Crippen LogP contribution is 2.77. The van der Waals surface area contributed by atoms with Crippen molar-refractivity contribution in [3.63, 3.8) is 0 Å². The van der Waals surface area contributed by atoms with Crippen LogP contribution < -0.4 is 0 Å². The Morgan fingerprint density at radius 2 is 0.917 bits per heavy atom. The van der Waals surface area contributed by atoms with Crippen LogP contribution in [0.1, 0.15) is 12.8 Å². The van der Waals surface area contributed by atoms with Crippen LogP contribution in [0, 0.1) is 23.7 Å². The van der Waals surface area contributed by atoms with Crippen LogP contribution in [0.15, 0.2) is 0 Å². The predicted molar refractivity (Wildman–Crippen MR) is 52.1 cm³/mol. The van der Waals surface area contributed by atoms with Gasteiger partial charge in [0.2, 0.25) is 0 Å². The molecule has 3 saturated carbocycles. The van der Waals surface area contributed by atoms with Crippen molar-refractivity contribution in [2.24, 2.45) is 23.7 Å². The van der Waals surface area contributed by atoms with Crippen molar-refractivity contribution in [3.8, 4) is 0 Å². The highest BCUT2D eigenvalue weighted by atomic mass is 35.5. The van der Waals surface area contributed by atoms with E-state index in [-0.39, 0.29) is 0 Å². The fourth-order valence-corrected chi connectivity index (χ4v) is 4.43. The van der Waals surface area contributed by atoms with E-state index in [1.165, 1.54) is 0 Å². The second-order valence-electron chi connectivity index (χ2n) is 4.25. The normalized spacial score (nSPS) is 57.0. The maximum atomic E-state index is 6.07. The second kappa shape index (κ2) is 2.05. The van der Waals surface area contributed by atoms with Crippen LogP contribution in [0.4, 0.5) is 0 Å². The van der Waals surface area contributed by atoms with Crippen LogP contribution in [0.2, 0.25) is 0 Å². The molecular weight excluding hydrogens is 238 g/mol. The lowest BCUT2D eigenvalue weighted by atomic mass is 10.0. The van der Waals surface area contributed by atoms with Gasteiger partial charge in [0.25, 0.3) is 0 Å². The monoisotopic (exact) mass is 244 g/mol. The fourth-order valence-electron chi connectivity index (χ4n) is 2.75. The lowest BCUT2D eigenvalue weighted by Gasteiger charge is -2.01. The largest absolute Gasteiger partial charge is 0.124 e. The summed E-state index contributed by atoms with van der Waals surface area (Å²) < 4.78 is -0.894. The third-order valence-electron chi connectivity index (χ3n) is 3.75. The Morgan fingerprint density at radius 3 is 1.17 bits per heavy atom. The molecule has 0 amide bonds. The minimum absolute atomic E-state index is 0.447. The molecule has 0 saturated heterocycles. The molecule has 0 aromatic heterocycles. The third-order valence-corrected chi connectivity index (χ3v) is 5.99. The lowest BCUT2D eigenvalue weighted by molar-refractivity contribution is 0.457. The van der Waals surface area contributed by atoms with Crippen molar-refractivity contribution in [2.45, 2.75) is 21.5 Å². The van der Waals surface area contributed by atoms with Gasteiger partial charge in [-0.25, -0.2) is 0 Å². The van der Waals surface area contributed by atoms with Crippen LogP contribution in [0.3, 0.4) is 0 Å². The van der Waals surface area contributed by atoms with Gasteiger partial charge < -0.3 is 0 Å². The highest BCUT2D eigenvalue weighted by molar-refractivity contribution is 6.52. The lowest BCUT2D eigenvalue weighted by Crippen LogP contribution is -1.96. The van der Waals surface area contributed by atoms with Gasteiger partial charge in [-0.2, -0.15) is 0 Å². The number of hydrogen-bond donors (Lipinski definition) is 0. The van der Waals surface area contributed by atoms with Crippen molar-refractivity contribution in [1.29, 1.82) is 0 Å². The summed E-state index contributed by atoms with van der Waals surface area (Å²) in [7, 11) is 0. The van der Waals surface area contributed by atoms with Crippen LogP contribution in [0.25, 0.3) is 0 Å². The van der Waals surface area contributed by atoms with E-state index in [0.29, 0.717) is 23.7 Å². The molecule has 0 heterocycles. The highest BCUT2D eigenvalue weighted by Gasteiger charge is 2.76. The molecule has 0 aromatic rings. The van der Waals surface area contributed by atoms with Gasteiger partial charge in [0, 0.05) is 0 Å². The van der Waals surface area contributed by atoms with Crippen molar-refractivity contribution >= 4 is 46.4 Å². The van der Waals surface area contributed by atoms with Gasteiger partial charge in [-0.3, -0.25) is 0 Å². The summed E-state index contributed by atoms with van der Waals surface area (Å²) in [4.78, 5) is 0. The van der Waals surface area contributed by atoms with Gasteiger partial charge in [-0.1, -0.05) is 0 Å². The summed E-state index contributed by atoms with van der Waals surface area (Å²) in [5.41, 5.74) is 0. The number of halogens is 4. The van der Waals surface area contributed by atoms with Gasteiger partial charge in [0.05, 0.1) is 0 Å². The van der Waals surface area contributed by atoms with Gasteiger partial charge >= 0.3 is 0 Å². The first-order valence-electron chi connectivity index (χ1n) is 4.21. The molecule has 12 heavy (non-hydrogen) atoms. The summed E-state index contributed by atoms with van der Waals surface area (Å²) in [5.74, 6) is 1.84. The van der Waals surface area contributed by atoms with Crippen LogP contribution in [-0.4, -0.2) is 8.67 Å². The molecule has 4 atom stereocenters. The molecule has 0 aliphatic heterocycles. The van der Waals surface area contributed by atoms with E-state index in [1.807, 2.05) is 0 Å². The van der Waals surface area contributed by atoms with Crippen LogP contribution in [0.5, 0.6) is 0 Å². The van der Waals surface area contributed by atoms with Gasteiger partial charge in [0.1, 0.15) is 8.67 Å². The van der Waals surface area contributed by atoms with Crippen LogP contribution >= 0.6 is 46.4 Å². The maximum absolute atomic E-state index is 6.07. The van der Waals surface area contributed by atoms with E-state index < -0.39 is 8.67 Å². The zero-order chi connectivity index (χ0) is 8.72. The Bertz CT molecular complexity index is 201. The van der Waals surface area contributed by atoms with Gasteiger partial charge in [0.15, 0.2) is 0 Å². The van der Waals surface area contributed by atoms with Crippen molar-refractivity contribution in [3.05, 3.63) is 0 Å². The zero-order valence-corrected chi connectivity index (χ0v) is 9.26. The molecule has 3 aliphatic carbocycles. The summed E-state index contributed by atoms with van der Waals surface area (Å²) in [6.07, 6.45) is 2.05. The summed E-state index contributed by atoms with van der Waals surface area (Å²) in [6, 6.07) is 0. The van der Waals surface area contributed by atoms with E-state index >= 15 is 0 Å². The molecule has 3 aliphatic rings. The first-order chi connectivity index (χ1) is 5.45. The smallest absolute Gasteiger partial charge is 0.101 e. The summed E-state index contributed by atoms with van der Waals surface area (Å²) in [5, 5.41) is 0. The third kappa shape index (κ3) is 0.834. The molecule has 0 unspecified atom stereocenters. The quantitative estimate of drug-likeness (QED) is 0.572. The maximum Gasteiger partial charge on any atom is 0.124 e. The molecule has 0 bridgehead atoms. The number of rotatable bonds is 0. The number of fused-ring (bicyclic) bond motifs is 2. The van der Waals surface area contributed by atoms with E-state index in [4.69, 9.17) is 46.4 Å². The molecule has 68 valence electrons. The molecule has 0 nitrogen and oxygen atoms in total. The molecule has 0 N–H and O–H groups in total. The van der Waals surface area contributed by atoms with Crippen molar-refractivity contribution in [2.75, 3.05) is 0 Å². The standard InChI is InChI=1S/C8H8Cl4/c9-7(10)3-1-4-6(2-5(3)7)8(4,11)12/h3-6H,1-2H2/t3-,4-,5+,6+. The Kier molecular flexibility index (Phi) is 1.45. The first-order valence-corrected chi connectivity index (χ1v) is 5.72. The predicted octanol–water partition coefficient (Wildman–Crippen LogP) is 3.62. The van der Waals surface area contributed by atoms with Crippen LogP contribution in [-0.2, 0) is 0 Å². The number of hydrogen-bond acceptors (Lipinski definition) is 0. The molecule has 0 aromatic carbocycles.